The quantitative estimate of drug-likeness (QED) is 0.889. The number of hydrogen-bond donors (Lipinski definition) is 1. The predicted molar refractivity (Wildman–Crippen MR) is 75.9 cm³/mol. The number of anilines is 1. The Morgan fingerprint density at radius 2 is 1.56 bits per heavy atom. The fourth-order valence-electron chi connectivity index (χ4n) is 1.95. The van der Waals surface area contributed by atoms with Crippen LogP contribution in [0.3, 0.4) is 0 Å². The second kappa shape index (κ2) is 5.69. The molecule has 0 saturated heterocycles. The zero-order chi connectivity index (χ0) is 13.0. The van der Waals surface area contributed by atoms with Gasteiger partial charge in [-0.1, -0.05) is 42.5 Å². The van der Waals surface area contributed by atoms with E-state index in [2.05, 4.69) is 29.2 Å². The Kier molecular flexibility index (Phi) is 4.00. The first-order valence-corrected chi connectivity index (χ1v) is 6.16. The third-order valence-electron chi connectivity index (χ3n) is 3.07. The number of rotatable bonds is 4. The second-order valence-corrected chi connectivity index (χ2v) is 4.69. The molecule has 1 N–H and O–H groups in total. The van der Waals surface area contributed by atoms with Crippen LogP contribution in [-0.2, 0) is 6.42 Å². The van der Waals surface area contributed by atoms with Crippen molar-refractivity contribution in [3.05, 3.63) is 65.7 Å². The largest absolute Gasteiger partial charge is 0.388 e. The summed E-state index contributed by atoms with van der Waals surface area (Å²) in [5.74, 6) is 0. The maximum absolute atomic E-state index is 10.1. The highest BCUT2D eigenvalue weighted by atomic mass is 16.3. The van der Waals surface area contributed by atoms with Gasteiger partial charge in [-0.15, -0.1) is 0 Å². The average molecular weight is 241 g/mol. The smallest absolute Gasteiger partial charge is 0.0830 e. The van der Waals surface area contributed by atoms with Crippen molar-refractivity contribution in [2.24, 2.45) is 0 Å². The monoisotopic (exact) mass is 241 g/mol. The van der Waals surface area contributed by atoms with E-state index in [1.165, 1.54) is 5.69 Å². The van der Waals surface area contributed by atoms with E-state index in [1.807, 2.05) is 44.4 Å². The lowest BCUT2D eigenvalue weighted by Crippen LogP contribution is -2.08. The zero-order valence-corrected chi connectivity index (χ0v) is 10.9. The summed E-state index contributed by atoms with van der Waals surface area (Å²) >= 11 is 0. The number of nitrogens with zero attached hydrogens (tertiary/aromatic N) is 1. The Labute approximate surface area is 109 Å². The van der Waals surface area contributed by atoms with Crippen molar-refractivity contribution in [1.29, 1.82) is 0 Å². The minimum atomic E-state index is -0.434. The molecule has 0 heterocycles. The molecule has 1 unspecified atom stereocenters. The van der Waals surface area contributed by atoms with Crippen LogP contribution in [0.1, 0.15) is 17.2 Å². The van der Waals surface area contributed by atoms with Crippen LogP contribution < -0.4 is 4.90 Å². The summed E-state index contributed by atoms with van der Waals surface area (Å²) in [6, 6.07) is 18.1. The molecule has 94 valence electrons. The number of aliphatic hydroxyl groups is 1. The third-order valence-corrected chi connectivity index (χ3v) is 3.07. The number of hydrogen-bond acceptors (Lipinski definition) is 2. The molecule has 2 aromatic carbocycles. The molecule has 0 amide bonds. The first-order chi connectivity index (χ1) is 8.66. The van der Waals surface area contributed by atoms with Crippen molar-refractivity contribution < 1.29 is 5.11 Å². The summed E-state index contributed by atoms with van der Waals surface area (Å²) in [4.78, 5) is 2.07. The molecular weight excluding hydrogens is 222 g/mol. The van der Waals surface area contributed by atoms with Gasteiger partial charge in [0, 0.05) is 26.2 Å². The molecule has 2 heteroatoms. The Morgan fingerprint density at radius 3 is 2.11 bits per heavy atom. The van der Waals surface area contributed by atoms with Gasteiger partial charge in [-0.05, 0) is 23.3 Å². The molecule has 0 spiro atoms. The van der Waals surface area contributed by atoms with E-state index in [9.17, 15) is 5.11 Å². The molecule has 0 radical (unpaired) electrons. The SMILES string of the molecule is CN(C)c1ccc(CC(O)c2ccccc2)cc1. The van der Waals surface area contributed by atoms with Gasteiger partial charge in [0.15, 0.2) is 0 Å². The summed E-state index contributed by atoms with van der Waals surface area (Å²) in [5.41, 5.74) is 3.29. The Bertz CT molecular complexity index is 476. The Morgan fingerprint density at radius 1 is 0.944 bits per heavy atom. The summed E-state index contributed by atoms with van der Waals surface area (Å²) < 4.78 is 0. The van der Waals surface area contributed by atoms with Crippen molar-refractivity contribution in [3.8, 4) is 0 Å². The number of benzene rings is 2. The van der Waals surface area contributed by atoms with Crippen molar-refractivity contribution in [2.45, 2.75) is 12.5 Å². The molecule has 2 aromatic rings. The van der Waals surface area contributed by atoms with Gasteiger partial charge in [0.2, 0.25) is 0 Å². The fraction of sp³-hybridized carbons (Fsp3) is 0.250. The normalized spacial score (nSPS) is 12.2. The highest BCUT2D eigenvalue weighted by molar-refractivity contribution is 5.46. The van der Waals surface area contributed by atoms with E-state index in [0.29, 0.717) is 6.42 Å². The third kappa shape index (κ3) is 3.11. The predicted octanol–water partition coefficient (Wildman–Crippen LogP) is 3.03. The zero-order valence-electron chi connectivity index (χ0n) is 10.9. The maximum Gasteiger partial charge on any atom is 0.0830 e. The van der Waals surface area contributed by atoms with Crippen LogP contribution in [0.25, 0.3) is 0 Å². The lowest BCUT2D eigenvalue weighted by molar-refractivity contribution is 0.178. The van der Waals surface area contributed by atoms with Gasteiger partial charge < -0.3 is 10.0 Å². The molecule has 0 fully saturated rings. The van der Waals surface area contributed by atoms with Gasteiger partial charge in [0.1, 0.15) is 0 Å². The Hall–Kier alpha value is -1.80. The first-order valence-electron chi connectivity index (χ1n) is 6.16. The van der Waals surface area contributed by atoms with E-state index >= 15 is 0 Å². The van der Waals surface area contributed by atoms with Crippen molar-refractivity contribution in [2.75, 3.05) is 19.0 Å². The molecule has 1 atom stereocenters. The molecule has 0 aliphatic carbocycles. The van der Waals surface area contributed by atoms with E-state index in [1.54, 1.807) is 0 Å². The second-order valence-electron chi connectivity index (χ2n) is 4.69. The van der Waals surface area contributed by atoms with Crippen molar-refractivity contribution in [1.82, 2.24) is 0 Å². The molecule has 0 aliphatic heterocycles. The molecule has 18 heavy (non-hydrogen) atoms. The molecular formula is C16H19NO. The number of aliphatic hydroxyl groups excluding tert-OH is 1. The van der Waals surface area contributed by atoms with Gasteiger partial charge in [-0.2, -0.15) is 0 Å². The van der Waals surface area contributed by atoms with Crippen LogP contribution in [0.15, 0.2) is 54.6 Å². The standard InChI is InChI=1S/C16H19NO/c1-17(2)15-10-8-13(9-11-15)12-16(18)14-6-4-3-5-7-14/h3-11,16,18H,12H2,1-2H3. The fourth-order valence-corrected chi connectivity index (χ4v) is 1.95. The van der Waals surface area contributed by atoms with Gasteiger partial charge >= 0.3 is 0 Å². The van der Waals surface area contributed by atoms with Crippen molar-refractivity contribution >= 4 is 5.69 Å². The topological polar surface area (TPSA) is 23.5 Å². The summed E-state index contributed by atoms with van der Waals surface area (Å²) in [6.07, 6.45) is 0.217. The van der Waals surface area contributed by atoms with Crippen molar-refractivity contribution in [3.63, 3.8) is 0 Å². The lowest BCUT2D eigenvalue weighted by atomic mass is 10.0. The minimum absolute atomic E-state index is 0.434. The van der Waals surface area contributed by atoms with Gasteiger partial charge in [-0.3, -0.25) is 0 Å². The molecule has 0 aromatic heterocycles. The maximum atomic E-state index is 10.1. The Balaban J connectivity index is 2.05. The molecule has 0 saturated carbocycles. The highest BCUT2D eigenvalue weighted by Crippen LogP contribution is 2.19. The van der Waals surface area contributed by atoms with Crippen LogP contribution in [0, 0.1) is 0 Å². The van der Waals surface area contributed by atoms with Crippen LogP contribution in [0.4, 0.5) is 5.69 Å². The molecule has 2 rings (SSSR count). The highest BCUT2D eigenvalue weighted by Gasteiger charge is 2.07. The van der Waals surface area contributed by atoms with Gasteiger partial charge in [0.25, 0.3) is 0 Å². The molecule has 0 bridgehead atoms. The van der Waals surface area contributed by atoms with E-state index < -0.39 is 6.10 Å². The summed E-state index contributed by atoms with van der Waals surface area (Å²) in [6.45, 7) is 0. The van der Waals surface area contributed by atoms with Crippen LogP contribution >= 0.6 is 0 Å². The van der Waals surface area contributed by atoms with E-state index in [4.69, 9.17) is 0 Å². The summed E-state index contributed by atoms with van der Waals surface area (Å²) in [5, 5.41) is 10.1. The average Bonchev–Trinajstić information content (AvgIpc) is 2.40. The lowest BCUT2D eigenvalue weighted by Gasteiger charge is -2.14. The van der Waals surface area contributed by atoms with Gasteiger partial charge in [-0.25, -0.2) is 0 Å². The molecule has 0 aliphatic rings. The van der Waals surface area contributed by atoms with Crippen LogP contribution in [0.5, 0.6) is 0 Å². The minimum Gasteiger partial charge on any atom is -0.388 e. The van der Waals surface area contributed by atoms with Crippen LogP contribution in [-0.4, -0.2) is 19.2 Å². The van der Waals surface area contributed by atoms with Crippen LogP contribution in [0.2, 0.25) is 0 Å². The van der Waals surface area contributed by atoms with E-state index in [0.717, 1.165) is 11.1 Å². The van der Waals surface area contributed by atoms with E-state index in [-0.39, 0.29) is 0 Å². The molecule has 2 nitrogen and oxygen atoms in total. The van der Waals surface area contributed by atoms with Gasteiger partial charge in [0.05, 0.1) is 6.10 Å². The first kappa shape index (κ1) is 12.7. The summed E-state index contributed by atoms with van der Waals surface area (Å²) in [7, 11) is 4.04.